The zero-order chi connectivity index (χ0) is 21.1. The first kappa shape index (κ1) is 22.9. The molecule has 1 aromatic heterocycles. The first-order valence-electron chi connectivity index (χ1n) is 10.4. The molecule has 0 radical (unpaired) electrons. The Balaban J connectivity index is 0.00000272. The number of nitrogens with zero attached hydrogens (tertiary/aromatic N) is 2. The second-order valence-corrected chi connectivity index (χ2v) is 8.66. The number of benzene rings is 3. The van der Waals surface area contributed by atoms with E-state index < -0.39 is 0 Å². The summed E-state index contributed by atoms with van der Waals surface area (Å²) < 4.78 is 10.1. The lowest BCUT2D eigenvalue weighted by Gasteiger charge is -2.19. The largest absolute Gasteiger partial charge is 0.492 e. The molecule has 4 rings (SSSR count). The van der Waals surface area contributed by atoms with Crippen molar-refractivity contribution < 1.29 is 4.74 Å². The highest BCUT2D eigenvalue weighted by Crippen LogP contribution is 2.24. The average molecular weight is 480 g/mol. The van der Waals surface area contributed by atoms with E-state index in [0.29, 0.717) is 25.3 Å². The molecule has 31 heavy (non-hydrogen) atoms. The third-order valence-electron chi connectivity index (χ3n) is 5.46. The molecule has 0 fully saturated rings. The standard InChI is InChI=1S/C26H29N3O.BrH/c1-26(2,3)21-13-15-22(16-14-21)30-18-17-28-23-11-7-8-12-24(23)29(25(28)27)19-20-9-5-4-6-10-20;/h4-16,27H,17-19H2,1-3H3;1H. The smallest absolute Gasteiger partial charge is 0.203 e. The molecule has 0 saturated heterocycles. The molecule has 0 atom stereocenters. The molecule has 0 aliphatic rings. The molecule has 0 spiro atoms. The maximum atomic E-state index is 8.77. The number of imidazole rings is 1. The number of fused-ring (bicyclic) bond motifs is 1. The Labute approximate surface area is 194 Å². The Morgan fingerprint density at radius 2 is 1.35 bits per heavy atom. The van der Waals surface area contributed by atoms with E-state index in [9.17, 15) is 0 Å². The van der Waals surface area contributed by atoms with Crippen LogP contribution in [0.25, 0.3) is 11.0 Å². The molecule has 1 N–H and O–H groups in total. The number of ether oxygens (including phenoxy) is 1. The summed E-state index contributed by atoms with van der Waals surface area (Å²) in [6.07, 6.45) is 0. The van der Waals surface area contributed by atoms with Gasteiger partial charge in [0.2, 0.25) is 5.62 Å². The zero-order valence-electron chi connectivity index (χ0n) is 18.3. The number of hydrogen-bond acceptors (Lipinski definition) is 2. The predicted octanol–water partition coefficient (Wildman–Crippen LogP) is 5.92. The maximum Gasteiger partial charge on any atom is 0.203 e. The van der Waals surface area contributed by atoms with Gasteiger partial charge in [-0.15, -0.1) is 17.0 Å². The van der Waals surface area contributed by atoms with Gasteiger partial charge >= 0.3 is 0 Å². The molecule has 162 valence electrons. The molecule has 0 unspecified atom stereocenters. The van der Waals surface area contributed by atoms with Crippen LogP contribution in [-0.2, 0) is 18.5 Å². The van der Waals surface area contributed by atoms with Crippen molar-refractivity contribution in [3.05, 3.63) is 95.6 Å². The van der Waals surface area contributed by atoms with E-state index in [0.717, 1.165) is 16.8 Å². The topological polar surface area (TPSA) is 42.9 Å². The molecule has 0 aliphatic carbocycles. The van der Waals surface area contributed by atoms with Crippen LogP contribution in [0.2, 0.25) is 0 Å². The molecule has 4 aromatic rings. The molecule has 0 amide bonds. The zero-order valence-corrected chi connectivity index (χ0v) is 20.1. The van der Waals surface area contributed by atoms with Gasteiger partial charge in [-0.2, -0.15) is 0 Å². The molecule has 0 saturated carbocycles. The first-order valence-corrected chi connectivity index (χ1v) is 10.4. The van der Waals surface area contributed by atoms with E-state index in [1.165, 1.54) is 11.1 Å². The van der Waals surface area contributed by atoms with Gasteiger partial charge in [-0.05, 0) is 40.8 Å². The highest BCUT2D eigenvalue weighted by Gasteiger charge is 2.13. The molecule has 5 heteroatoms. The summed E-state index contributed by atoms with van der Waals surface area (Å²) in [7, 11) is 0. The molecule has 1 heterocycles. The minimum Gasteiger partial charge on any atom is -0.492 e. The van der Waals surface area contributed by atoms with Crippen LogP contribution in [0, 0.1) is 5.41 Å². The molecule has 0 bridgehead atoms. The normalized spacial score (nSPS) is 11.3. The summed E-state index contributed by atoms with van der Waals surface area (Å²) in [6, 6.07) is 26.8. The first-order chi connectivity index (χ1) is 14.4. The minimum absolute atomic E-state index is 0. The second kappa shape index (κ2) is 9.56. The fraction of sp³-hybridized carbons (Fsp3) is 0.269. The number of halogens is 1. The van der Waals surface area contributed by atoms with E-state index in [4.69, 9.17) is 10.1 Å². The van der Waals surface area contributed by atoms with Crippen LogP contribution >= 0.6 is 17.0 Å². The van der Waals surface area contributed by atoms with Gasteiger partial charge in [-0.25, -0.2) is 0 Å². The SMILES string of the molecule is Br.CC(C)(C)c1ccc(OCCn2c(=N)n(Cc3ccccc3)c3ccccc32)cc1. The van der Waals surface area contributed by atoms with Crippen molar-refractivity contribution >= 4 is 28.0 Å². The monoisotopic (exact) mass is 479 g/mol. The highest BCUT2D eigenvalue weighted by molar-refractivity contribution is 8.93. The Morgan fingerprint density at radius 1 is 0.774 bits per heavy atom. The Kier molecular flexibility index (Phi) is 7.06. The summed E-state index contributed by atoms with van der Waals surface area (Å²) in [5.74, 6) is 0.864. The predicted molar refractivity (Wildman–Crippen MR) is 132 cm³/mol. The second-order valence-electron chi connectivity index (χ2n) is 8.66. The molecule has 3 aromatic carbocycles. The lowest BCUT2D eigenvalue weighted by molar-refractivity contribution is 0.296. The number of para-hydroxylation sites is 2. The van der Waals surface area contributed by atoms with Gasteiger partial charge in [-0.1, -0.05) is 75.4 Å². The van der Waals surface area contributed by atoms with Crippen molar-refractivity contribution in [1.29, 1.82) is 5.41 Å². The van der Waals surface area contributed by atoms with Crippen molar-refractivity contribution in [2.24, 2.45) is 0 Å². The third kappa shape index (κ3) is 5.10. The van der Waals surface area contributed by atoms with Crippen LogP contribution in [0.3, 0.4) is 0 Å². The van der Waals surface area contributed by atoms with Crippen LogP contribution in [0.1, 0.15) is 31.9 Å². The number of nitrogens with one attached hydrogen (secondary N) is 1. The van der Waals surface area contributed by atoms with Gasteiger partial charge in [0.05, 0.1) is 24.1 Å². The van der Waals surface area contributed by atoms with E-state index >= 15 is 0 Å². The van der Waals surface area contributed by atoms with Crippen LogP contribution < -0.4 is 10.4 Å². The summed E-state index contributed by atoms with van der Waals surface area (Å²) in [4.78, 5) is 0. The van der Waals surface area contributed by atoms with Crippen LogP contribution in [-0.4, -0.2) is 15.7 Å². The van der Waals surface area contributed by atoms with Gasteiger partial charge in [0.25, 0.3) is 0 Å². The fourth-order valence-electron chi connectivity index (χ4n) is 3.75. The minimum atomic E-state index is 0. The fourth-order valence-corrected chi connectivity index (χ4v) is 3.75. The van der Waals surface area contributed by atoms with Gasteiger partial charge in [-0.3, -0.25) is 5.41 Å². The van der Waals surface area contributed by atoms with Crippen LogP contribution in [0.4, 0.5) is 0 Å². The summed E-state index contributed by atoms with van der Waals surface area (Å²) in [5, 5.41) is 8.77. The maximum absolute atomic E-state index is 8.77. The lowest BCUT2D eigenvalue weighted by atomic mass is 9.87. The quantitative estimate of drug-likeness (QED) is 0.366. The van der Waals surface area contributed by atoms with Crippen molar-refractivity contribution in [1.82, 2.24) is 9.13 Å². The highest BCUT2D eigenvalue weighted by atomic mass is 79.9. The molecule has 4 nitrogen and oxygen atoms in total. The van der Waals surface area contributed by atoms with Crippen molar-refractivity contribution in [3.63, 3.8) is 0 Å². The Bertz CT molecular complexity index is 1190. The molecule has 0 aliphatic heterocycles. The van der Waals surface area contributed by atoms with E-state index in [1.807, 2.05) is 47.0 Å². The van der Waals surface area contributed by atoms with E-state index in [-0.39, 0.29) is 22.4 Å². The Hall–Kier alpha value is -2.79. The average Bonchev–Trinajstić information content (AvgIpc) is 3.00. The van der Waals surface area contributed by atoms with Crippen molar-refractivity contribution in [2.75, 3.05) is 6.61 Å². The van der Waals surface area contributed by atoms with Gasteiger partial charge in [0, 0.05) is 0 Å². The number of rotatable bonds is 6. The summed E-state index contributed by atoms with van der Waals surface area (Å²) >= 11 is 0. The van der Waals surface area contributed by atoms with Gasteiger partial charge in [0.15, 0.2) is 0 Å². The summed E-state index contributed by atoms with van der Waals surface area (Å²) in [5.41, 5.74) is 5.24. The number of aromatic nitrogens is 2. The lowest BCUT2D eigenvalue weighted by Crippen LogP contribution is -2.27. The van der Waals surface area contributed by atoms with Gasteiger partial charge < -0.3 is 13.9 Å². The Morgan fingerprint density at radius 3 is 1.97 bits per heavy atom. The van der Waals surface area contributed by atoms with E-state index in [1.54, 1.807) is 0 Å². The molecular weight excluding hydrogens is 450 g/mol. The molecular formula is C26H30BrN3O. The summed E-state index contributed by atoms with van der Waals surface area (Å²) in [6.45, 7) is 8.46. The van der Waals surface area contributed by atoms with Gasteiger partial charge in [0.1, 0.15) is 12.4 Å². The van der Waals surface area contributed by atoms with Crippen LogP contribution in [0.15, 0.2) is 78.9 Å². The van der Waals surface area contributed by atoms with Crippen molar-refractivity contribution in [2.45, 2.75) is 39.3 Å². The number of hydrogen-bond donors (Lipinski definition) is 1. The third-order valence-corrected chi connectivity index (χ3v) is 5.46. The van der Waals surface area contributed by atoms with E-state index in [2.05, 4.69) is 61.7 Å². The van der Waals surface area contributed by atoms with Crippen molar-refractivity contribution in [3.8, 4) is 5.75 Å². The van der Waals surface area contributed by atoms with Crippen LogP contribution in [0.5, 0.6) is 5.75 Å².